The highest BCUT2D eigenvalue weighted by atomic mass is 32.2. The molecule has 0 unspecified atom stereocenters. The minimum absolute atomic E-state index is 0.219. The third-order valence-electron chi connectivity index (χ3n) is 1.84. The van der Waals surface area contributed by atoms with Crippen molar-refractivity contribution < 1.29 is 18.0 Å². The summed E-state index contributed by atoms with van der Waals surface area (Å²) in [5.74, 6) is -1.14. The minimum atomic E-state index is -2.25. The molecular weight excluding hydrogens is 285 g/mol. The van der Waals surface area contributed by atoms with Gasteiger partial charge in [-0.15, -0.1) is 11.3 Å². The van der Waals surface area contributed by atoms with Gasteiger partial charge in [-0.1, -0.05) is 16.9 Å². The van der Waals surface area contributed by atoms with Crippen molar-refractivity contribution in [2.45, 2.75) is 17.7 Å². The molecule has 1 rings (SSSR count). The van der Waals surface area contributed by atoms with E-state index in [0.29, 0.717) is 4.34 Å². The maximum atomic E-state index is 12.5. The van der Waals surface area contributed by atoms with E-state index in [1.165, 1.54) is 36.4 Å². The van der Waals surface area contributed by atoms with Crippen molar-refractivity contribution in [2.75, 3.05) is 12.9 Å². The van der Waals surface area contributed by atoms with Crippen molar-refractivity contribution in [3.8, 4) is 0 Å². The highest BCUT2D eigenvalue weighted by Gasteiger charge is 2.09. The minimum Gasteiger partial charge on any atom is -0.399 e. The normalized spacial score (nSPS) is 10.9. The first-order valence-corrected chi connectivity index (χ1v) is 6.71. The summed E-state index contributed by atoms with van der Waals surface area (Å²) < 4.78 is 36.9. The quantitative estimate of drug-likeness (QED) is 0.452. The Labute approximate surface area is 111 Å². The standard InChI is InChI=1S/C10H11F3N2OS2/c1-6-8(5-14-16-2)18-10(15-6)17-4-3-7(11)9(12)13/h5H,3-4H2,1-2H3. The number of hydrogen-bond acceptors (Lipinski definition) is 5. The third kappa shape index (κ3) is 4.69. The molecule has 100 valence electrons. The van der Waals surface area contributed by atoms with Crippen LogP contribution in [0.3, 0.4) is 0 Å². The summed E-state index contributed by atoms with van der Waals surface area (Å²) >= 11 is 2.59. The summed E-state index contributed by atoms with van der Waals surface area (Å²) in [5, 5.41) is 3.62. The summed E-state index contributed by atoms with van der Waals surface area (Å²) in [6, 6.07) is 0. The van der Waals surface area contributed by atoms with Gasteiger partial charge in [-0.2, -0.15) is 8.78 Å². The van der Waals surface area contributed by atoms with Crippen LogP contribution in [0.2, 0.25) is 0 Å². The molecule has 0 fully saturated rings. The lowest BCUT2D eigenvalue weighted by Gasteiger charge is -1.94. The molecule has 0 radical (unpaired) electrons. The Morgan fingerprint density at radius 3 is 2.83 bits per heavy atom. The van der Waals surface area contributed by atoms with Crippen molar-refractivity contribution >= 4 is 29.3 Å². The number of rotatable bonds is 6. The van der Waals surface area contributed by atoms with Gasteiger partial charge >= 0.3 is 6.08 Å². The van der Waals surface area contributed by atoms with Crippen LogP contribution >= 0.6 is 23.1 Å². The molecule has 0 amide bonds. The van der Waals surface area contributed by atoms with E-state index < -0.39 is 11.9 Å². The van der Waals surface area contributed by atoms with E-state index in [2.05, 4.69) is 15.0 Å². The lowest BCUT2D eigenvalue weighted by Crippen LogP contribution is -1.83. The van der Waals surface area contributed by atoms with Crippen LogP contribution in [0.1, 0.15) is 17.0 Å². The van der Waals surface area contributed by atoms with Crippen LogP contribution in [0.25, 0.3) is 0 Å². The zero-order valence-corrected chi connectivity index (χ0v) is 11.4. The number of thioether (sulfide) groups is 1. The van der Waals surface area contributed by atoms with Crippen molar-refractivity contribution in [3.63, 3.8) is 0 Å². The van der Waals surface area contributed by atoms with Crippen LogP contribution in [0, 0.1) is 6.92 Å². The summed E-state index contributed by atoms with van der Waals surface area (Å²) in [6.07, 6.45) is -1.02. The van der Waals surface area contributed by atoms with E-state index in [4.69, 9.17) is 0 Å². The Hall–Kier alpha value is -1.02. The van der Waals surface area contributed by atoms with Gasteiger partial charge in [0, 0.05) is 12.2 Å². The average Bonchev–Trinajstić information content (AvgIpc) is 2.67. The Balaban J connectivity index is 2.54. The van der Waals surface area contributed by atoms with Crippen LogP contribution in [0.5, 0.6) is 0 Å². The SMILES string of the molecule is CON=Cc1sc(SCCC(F)=C(F)F)nc1C. The maximum absolute atomic E-state index is 12.5. The highest BCUT2D eigenvalue weighted by Crippen LogP contribution is 2.28. The number of oxime groups is 1. The zero-order valence-electron chi connectivity index (χ0n) is 9.74. The second-order valence-electron chi connectivity index (χ2n) is 3.11. The molecule has 1 heterocycles. The van der Waals surface area contributed by atoms with E-state index in [9.17, 15) is 13.2 Å². The molecule has 0 aromatic carbocycles. The van der Waals surface area contributed by atoms with Gasteiger partial charge in [0.15, 0.2) is 10.2 Å². The van der Waals surface area contributed by atoms with Gasteiger partial charge in [0.05, 0.1) is 16.8 Å². The number of aryl methyl sites for hydroxylation is 1. The molecule has 0 aliphatic rings. The predicted octanol–water partition coefficient (Wildman–Crippen LogP) is 3.99. The summed E-state index contributed by atoms with van der Waals surface area (Å²) in [4.78, 5) is 9.59. The molecule has 0 bridgehead atoms. The topological polar surface area (TPSA) is 34.5 Å². The van der Waals surface area contributed by atoms with Crippen molar-refractivity contribution in [3.05, 3.63) is 22.5 Å². The molecule has 1 aromatic heterocycles. The molecule has 18 heavy (non-hydrogen) atoms. The smallest absolute Gasteiger partial charge is 0.301 e. The summed E-state index contributed by atoms with van der Waals surface area (Å²) in [6.45, 7) is 1.80. The van der Waals surface area contributed by atoms with Gasteiger partial charge in [0.2, 0.25) is 0 Å². The van der Waals surface area contributed by atoms with E-state index in [1.807, 2.05) is 0 Å². The molecule has 0 atom stereocenters. The molecule has 0 saturated heterocycles. The summed E-state index contributed by atoms with van der Waals surface area (Å²) in [5.41, 5.74) is 0.774. The van der Waals surface area contributed by atoms with Gasteiger partial charge in [0.25, 0.3) is 0 Å². The fourth-order valence-electron chi connectivity index (χ4n) is 0.987. The van der Waals surface area contributed by atoms with Crippen LogP contribution < -0.4 is 0 Å². The average molecular weight is 296 g/mol. The zero-order chi connectivity index (χ0) is 13.5. The molecule has 1 aromatic rings. The first-order valence-electron chi connectivity index (χ1n) is 4.91. The summed E-state index contributed by atoms with van der Waals surface area (Å²) in [7, 11) is 1.43. The molecule has 3 nitrogen and oxygen atoms in total. The van der Waals surface area contributed by atoms with Crippen LogP contribution in [0.4, 0.5) is 13.2 Å². The van der Waals surface area contributed by atoms with Crippen molar-refractivity contribution in [1.29, 1.82) is 0 Å². The van der Waals surface area contributed by atoms with Crippen LogP contribution in [0.15, 0.2) is 21.4 Å². The number of hydrogen-bond donors (Lipinski definition) is 0. The van der Waals surface area contributed by atoms with E-state index >= 15 is 0 Å². The van der Waals surface area contributed by atoms with Gasteiger partial charge in [0.1, 0.15) is 7.11 Å². The Morgan fingerprint density at radius 1 is 1.50 bits per heavy atom. The molecule has 0 N–H and O–H groups in total. The highest BCUT2D eigenvalue weighted by molar-refractivity contribution is 8.01. The lowest BCUT2D eigenvalue weighted by atomic mass is 10.4. The van der Waals surface area contributed by atoms with E-state index in [1.54, 1.807) is 6.92 Å². The largest absolute Gasteiger partial charge is 0.399 e. The Morgan fingerprint density at radius 2 is 2.22 bits per heavy atom. The molecule has 0 saturated carbocycles. The first kappa shape index (κ1) is 15.0. The van der Waals surface area contributed by atoms with Crippen molar-refractivity contribution in [2.24, 2.45) is 5.16 Å². The maximum Gasteiger partial charge on any atom is 0.301 e. The fraction of sp³-hybridized carbons (Fsp3) is 0.400. The van der Waals surface area contributed by atoms with Crippen LogP contribution in [-0.4, -0.2) is 24.1 Å². The first-order chi connectivity index (χ1) is 8.54. The molecule has 0 aliphatic carbocycles. The Bertz CT molecular complexity index is 456. The predicted molar refractivity (Wildman–Crippen MR) is 67.1 cm³/mol. The third-order valence-corrected chi connectivity index (χ3v) is 4.08. The number of thiazole rings is 1. The lowest BCUT2D eigenvalue weighted by molar-refractivity contribution is 0.215. The second-order valence-corrected chi connectivity index (χ2v) is 5.48. The van der Waals surface area contributed by atoms with Crippen LogP contribution in [-0.2, 0) is 4.84 Å². The Kier molecular flexibility index (Phi) is 6.20. The van der Waals surface area contributed by atoms with Gasteiger partial charge in [-0.3, -0.25) is 0 Å². The van der Waals surface area contributed by atoms with Gasteiger partial charge < -0.3 is 4.84 Å². The second kappa shape index (κ2) is 7.42. The van der Waals surface area contributed by atoms with Gasteiger partial charge in [-0.25, -0.2) is 9.37 Å². The number of nitrogens with zero attached hydrogens (tertiary/aromatic N) is 2. The number of allylic oxidation sites excluding steroid dienone is 1. The molecule has 0 spiro atoms. The molecule has 8 heteroatoms. The van der Waals surface area contributed by atoms with Crippen molar-refractivity contribution in [1.82, 2.24) is 4.98 Å². The van der Waals surface area contributed by atoms with Gasteiger partial charge in [-0.05, 0) is 6.92 Å². The number of aromatic nitrogens is 1. The van der Waals surface area contributed by atoms with E-state index in [0.717, 1.165) is 10.6 Å². The fourth-order valence-corrected chi connectivity index (χ4v) is 3.06. The molecule has 0 aliphatic heterocycles. The number of halogens is 3. The molecular formula is C10H11F3N2OS2. The monoisotopic (exact) mass is 296 g/mol. The van der Waals surface area contributed by atoms with E-state index in [-0.39, 0.29) is 12.2 Å².